The molecule has 38 heavy (non-hydrogen) atoms. The average molecular weight is 537 g/mol. The summed E-state index contributed by atoms with van der Waals surface area (Å²) >= 11 is 12.6. The molecule has 0 N–H and O–H groups in total. The van der Waals surface area contributed by atoms with Gasteiger partial charge in [0, 0.05) is 39.0 Å². The van der Waals surface area contributed by atoms with Gasteiger partial charge in [-0.3, -0.25) is 0 Å². The average Bonchev–Trinajstić information content (AvgIpc) is 3.43. The first-order valence-electron chi connectivity index (χ1n) is 12.1. The minimum absolute atomic E-state index is 0.177. The van der Waals surface area contributed by atoms with Crippen LogP contribution >= 0.6 is 23.2 Å². The molecule has 2 heterocycles. The summed E-state index contributed by atoms with van der Waals surface area (Å²) in [5, 5.41) is 2.21. The quantitative estimate of drug-likeness (QED) is 0.215. The predicted molar refractivity (Wildman–Crippen MR) is 153 cm³/mol. The van der Waals surface area contributed by atoms with Crippen LogP contribution in [-0.2, 0) is 0 Å². The Kier molecular flexibility index (Phi) is 6.54. The van der Waals surface area contributed by atoms with Crippen LogP contribution in [0.2, 0.25) is 10.0 Å². The van der Waals surface area contributed by atoms with Gasteiger partial charge in [0.2, 0.25) is 0 Å². The van der Waals surface area contributed by atoms with Gasteiger partial charge in [0.1, 0.15) is 5.82 Å². The third kappa shape index (κ3) is 4.62. The van der Waals surface area contributed by atoms with Crippen molar-refractivity contribution in [1.82, 2.24) is 19.5 Å². The molecule has 1 atom stereocenters. The Morgan fingerprint density at radius 3 is 2.26 bits per heavy atom. The lowest BCUT2D eigenvalue weighted by molar-refractivity contribution is 0.382. The number of hydrogen-bond donors (Lipinski definition) is 0. The molecule has 0 bridgehead atoms. The molecule has 2 aromatic heterocycles. The van der Waals surface area contributed by atoms with E-state index in [0.717, 1.165) is 44.7 Å². The highest BCUT2D eigenvalue weighted by Crippen LogP contribution is 2.36. The van der Waals surface area contributed by atoms with E-state index in [9.17, 15) is 0 Å². The number of methoxy groups -OCH3 is 1. The van der Waals surface area contributed by atoms with E-state index in [-0.39, 0.29) is 6.04 Å². The highest BCUT2D eigenvalue weighted by Gasteiger charge is 2.22. The molecular weight excluding hydrogens is 515 g/mol. The van der Waals surface area contributed by atoms with Gasteiger partial charge in [0.05, 0.1) is 24.4 Å². The van der Waals surface area contributed by atoms with Gasteiger partial charge in [-0.25, -0.2) is 4.98 Å². The Hall–Kier alpha value is -4.19. The number of benzene rings is 4. The zero-order valence-electron chi connectivity index (χ0n) is 20.4. The van der Waals surface area contributed by atoms with Crippen molar-refractivity contribution in [2.45, 2.75) is 6.04 Å². The summed E-state index contributed by atoms with van der Waals surface area (Å²) in [7, 11) is 1.57. The minimum Gasteiger partial charge on any atom is -0.467 e. The number of ether oxygens (including phenoxy) is 1. The van der Waals surface area contributed by atoms with E-state index in [1.165, 1.54) is 0 Å². The highest BCUT2D eigenvalue weighted by atomic mass is 35.5. The van der Waals surface area contributed by atoms with Crippen LogP contribution in [0.5, 0.6) is 6.01 Å². The van der Waals surface area contributed by atoms with Crippen molar-refractivity contribution in [2.75, 3.05) is 7.11 Å². The first-order valence-corrected chi connectivity index (χ1v) is 12.8. The fourth-order valence-electron chi connectivity index (χ4n) is 4.73. The van der Waals surface area contributed by atoms with Gasteiger partial charge in [-0.15, -0.1) is 0 Å². The molecule has 0 fully saturated rings. The first-order chi connectivity index (χ1) is 18.6. The summed E-state index contributed by atoms with van der Waals surface area (Å²) in [6.07, 6.45) is 3.84. The highest BCUT2D eigenvalue weighted by molar-refractivity contribution is 6.31. The number of aromatic nitrogens is 4. The summed E-state index contributed by atoms with van der Waals surface area (Å²) < 4.78 is 7.60. The topological polar surface area (TPSA) is 52.8 Å². The van der Waals surface area contributed by atoms with Gasteiger partial charge in [-0.05, 0) is 47.5 Å². The fraction of sp³-hybridized carbons (Fsp3) is 0.0645. The fourth-order valence-corrected chi connectivity index (χ4v) is 5.05. The Bertz CT molecular complexity index is 1730. The van der Waals surface area contributed by atoms with Crippen LogP contribution in [-0.4, -0.2) is 26.6 Å². The molecule has 6 rings (SSSR count). The van der Waals surface area contributed by atoms with Crippen molar-refractivity contribution in [2.24, 2.45) is 0 Å². The van der Waals surface area contributed by atoms with E-state index in [1.54, 1.807) is 7.11 Å². The molecule has 186 valence electrons. The van der Waals surface area contributed by atoms with Gasteiger partial charge >= 0.3 is 6.01 Å². The second kappa shape index (κ2) is 10.3. The standard InChI is InChI=1S/C31H22Cl2N4O/c1-38-31-35-27-15-12-23(19-26(27)28(36-31)22-8-5-9-25(33)18-22)29(20-10-13-24(32)14-11-20)37-17-16-34-30(37)21-6-3-2-4-7-21/h2-19,29H,1H3. The monoisotopic (exact) mass is 536 g/mol. The van der Waals surface area contributed by atoms with E-state index in [2.05, 4.69) is 33.8 Å². The van der Waals surface area contributed by atoms with Gasteiger partial charge in [-0.1, -0.05) is 83.9 Å². The maximum absolute atomic E-state index is 6.34. The normalized spacial score (nSPS) is 12.0. The Morgan fingerprint density at radius 1 is 0.737 bits per heavy atom. The van der Waals surface area contributed by atoms with Crippen LogP contribution in [0.3, 0.4) is 0 Å². The number of hydrogen-bond acceptors (Lipinski definition) is 4. The molecule has 1 unspecified atom stereocenters. The third-order valence-electron chi connectivity index (χ3n) is 6.46. The Morgan fingerprint density at radius 2 is 1.50 bits per heavy atom. The lowest BCUT2D eigenvalue weighted by Gasteiger charge is -2.23. The molecular formula is C31H22Cl2N4O. The molecule has 0 aliphatic heterocycles. The van der Waals surface area contributed by atoms with Crippen molar-refractivity contribution in [3.63, 3.8) is 0 Å². The van der Waals surface area contributed by atoms with Crippen LogP contribution in [0.4, 0.5) is 0 Å². The molecule has 6 aromatic rings. The number of imidazole rings is 1. The van der Waals surface area contributed by atoms with Crippen molar-refractivity contribution in [3.8, 4) is 28.7 Å². The van der Waals surface area contributed by atoms with E-state index in [4.69, 9.17) is 37.9 Å². The molecule has 5 nitrogen and oxygen atoms in total. The van der Waals surface area contributed by atoms with Gasteiger partial charge in [0.25, 0.3) is 0 Å². The maximum atomic E-state index is 6.34. The molecule has 0 aliphatic rings. The van der Waals surface area contributed by atoms with Gasteiger partial charge < -0.3 is 9.30 Å². The Balaban J connectivity index is 1.59. The zero-order chi connectivity index (χ0) is 26.1. The van der Waals surface area contributed by atoms with Crippen LogP contribution in [0, 0.1) is 0 Å². The summed E-state index contributed by atoms with van der Waals surface area (Å²) in [5.41, 5.74) is 5.56. The number of nitrogens with zero attached hydrogens (tertiary/aromatic N) is 4. The zero-order valence-corrected chi connectivity index (χ0v) is 21.9. The molecule has 0 saturated heterocycles. The predicted octanol–water partition coefficient (Wildman–Crippen LogP) is 8.11. The van der Waals surface area contributed by atoms with Crippen LogP contribution in [0.15, 0.2) is 109 Å². The van der Waals surface area contributed by atoms with Crippen molar-refractivity contribution >= 4 is 34.1 Å². The molecule has 0 spiro atoms. The smallest absolute Gasteiger partial charge is 0.317 e. The molecule has 0 aliphatic carbocycles. The van der Waals surface area contributed by atoms with Crippen LogP contribution in [0.25, 0.3) is 33.5 Å². The van der Waals surface area contributed by atoms with Crippen molar-refractivity contribution in [3.05, 3.63) is 131 Å². The van der Waals surface area contributed by atoms with E-state index < -0.39 is 0 Å². The number of fused-ring (bicyclic) bond motifs is 1. The second-order valence-electron chi connectivity index (χ2n) is 8.82. The van der Waals surface area contributed by atoms with E-state index >= 15 is 0 Å². The number of rotatable bonds is 6. The summed E-state index contributed by atoms with van der Waals surface area (Å²) in [6.45, 7) is 0. The summed E-state index contributed by atoms with van der Waals surface area (Å²) in [5.74, 6) is 0.867. The molecule has 0 saturated carbocycles. The Labute approximate surface area is 230 Å². The van der Waals surface area contributed by atoms with Crippen LogP contribution < -0.4 is 4.74 Å². The first kappa shape index (κ1) is 24.2. The SMILES string of the molecule is COc1nc(-c2cccc(Cl)c2)c2cc(C(c3ccc(Cl)cc3)n3ccnc3-c3ccccc3)ccc2n1. The minimum atomic E-state index is -0.177. The summed E-state index contributed by atoms with van der Waals surface area (Å²) in [6, 6.07) is 32.1. The summed E-state index contributed by atoms with van der Waals surface area (Å²) in [4.78, 5) is 14.0. The van der Waals surface area contributed by atoms with Crippen LogP contribution in [0.1, 0.15) is 17.2 Å². The molecule has 7 heteroatoms. The van der Waals surface area contributed by atoms with E-state index in [0.29, 0.717) is 16.1 Å². The second-order valence-corrected chi connectivity index (χ2v) is 9.70. The van der Waals surface area contributed by atoms with Crippen molar-refractivity contribution < 1.29 is 4.74 Å². The molecule has 0 amide bonds. The molecule has 4 aromatic carbocycles. The third-order valence-corrected chi connectivity index (χ3v) is 6.95. The molecule has 0 radical (unpaired) electrons. The van der Waals surface area contributed by atoms with Crippen molar-refractivity contribution in [1.29, 1.82) is 0 Å². The van der Waals surface area contributed by atoms with Gasteiger partial charge in [-0.2, -0.15) is 9.97 Å². The lowest BCUT2D eigenvalue weighted by atomic mass is 9.95. The number of halogens is 2. The maximum Gasteiger partial charge on any atom is 0.317 e. The lowest BCUT2D eigenvalue weighted by Crippen LogP contribution is -2.13. The van der Waals surface area contributed by atoms with E-state index in [1.807, 2.05) is 85.2 Å². The largest absolute Gasteiger partial charge is 0.467 e. The van der Waals surface area contributed by atoms with Gasteiger partial charge in [0.15, 0.2) is 0 Å².